The minimum atomic E-state index is -0.713. The average molecular weight is 650 g/mol. The lowest BCUT2D eigenvalue weighted by Crippen LogP contribution is -2.64. The summed E-state index contributed by atoms with van der Waals surface area (Å²) in [6.07, 6.45) is 9.37. The molecule has 4 saturated carbocycles. The van der Waals surface area contributed by atoms with Crippen LogP contribution in [0.3, 0.4) is 0 Å². The second kappa shape index (κ2) is 11.4. The SMILES string of the molecule is CC(C)C1=C2C3CCC4C(C)(CCC5C(C)(C)C(OC(=O)CC(C)(C)C=O)CCC54C)C3CCC2(NC(=O)c2cccs2)CC1=O. The number of carbonyl (C=O) groups is 4. The van der Waals surface area contributed by atoms with Crippen LogP contribution in [-0.2, 0) is 19.1 Å². The number of rotatable bonds is 7. The molecular formula is C39H55NO5S. The lowest BCUT2D eigenvalue weighted by atomic mass is 9.37. The molecule has 8 atom stereocenters. The fourth-order valence-electron chi connectivity index (χ4n) is 11.9. The highest BCUT2D eigenvalue weighted by molar-refractivity contribution is 7.12. The van der Waals surface area contributed by atoms with Gasteiger partial charge in [0.25, 0.3) is 5.91 Å². The van der Waals surface area contributed by atoms with E-state index in [-0.39, 0.29) is 52.3 Å². The topological polar surface area (TPSA) is 89.5 Å². The van der Waals surface area contributed by atoms with Crippen LogP contribution in [0.1, 0.15) is 129 Å². The minimum absolute atomic E-state index is 0.0499. The Bertz CT molecular complexity index is 1440. The van der Waals surface area contributed by atoms with E-state index in [1.807, 2.05) is 17.5 Å². The maximum atomic E-state index is 13.7. The average Bonchev–Trinajstić information content (AvgIpc) is 3.60. The molecule has 46 heavy (non-hydrogen) atoms. The van der Waals surface area contributed by atoms with Gasteiger partial charge < -0.3 is 14.8 Å². The van der Waals surface area contributed by atoms with Crippen LogP contribution < -0.4 is 5.32 Å². The van der Waals surface area contributed by atoms with Crippen molar-refractivity contribution in [1.29, 1.82) is 0 Å². The number of aldehydes is 1. The summed E-state index contributed by atoms with van der Waals surface area (Å²) in [5, 5.41) is 5.40. The van der Waals surface area contributed by atoms with Crippen molar-refractivity contribution in [2.24, 2.45) is 51.2 Å². The number of hydrogen-bond acceptors (Lipinski definition) is 6. The summed E-state index contributed by atoms with van der Waals surface area (Å²) in [5.74, 6) is 1.83. The van der Waals surface area contributed by atoms with Crippen molar-refractivity contribution >= 4 is 35.3 Å². The highest BCUT2D eigenvalue weighted by Crippen LogP contribution is 2.72. The third-order valence-electron chi connectivity index (χ3n) is 13.8. The van der Waals surface area contributed by atoms with Crippen LogP contribution in [0.25, 0.3) is 0 Å². The number of hydrogen-bond donors (Lipinski definition) is 1. The largest absolute Gasteiger partial charge is 0.462 e. The standard InChI is InChI=1S/C39H55NO5S/c1-23(2)32-26(42)20-39(40-34(44)27-10-9-19-46-27)18-13-25-24(33(32)39)11-12-29-37(25,7)16-14-28-36(5,6)30(15-17-38(28,29)8)45-31(43)21-35(3,4)22-41/h9-10,19,22-25,28-30H,11-18,20-21H2,1-8H3,(H,40,44). The number of esters is 1. The number of thiophene rings is 1. The Morgan fingerprint density at radius 2 is 1.74 bits per heavy atom. The van der Waals surface area contributed by atoms with Gasteiger partial charge in [-0.05, 0) is 114 Å². The lowest BCUT2D eigenvalue weighted by molar-refractivity contribution is -0.213. The molecule has 252 valence electrons. The van der Waals surface area contributed by atoms with E-state index >= 15 is 0 Å². The summed E-state index contributed by atoms with van der Waals surface area (Å²) in [4.78, 5) is 52.4. The Morgan fingerprint density at radius 1 is 1.02 bits per heavy atom. The molecule has 0 saturated heterocycles. The summed E-state index contributed by atoms with van der Waals surface area (Å²) in [7, 11) is 0. The second-order valence-corrected chi connectivity index (χ2v) is 18.6. The van der Waals surface area contributed by atoms with E-state index < -0.39 is 11.0 Å². The number of nitrogens with one attached hydrogen (secondary N) is 1. The van der Waals surface area contributed by atoms with Crippen molar-refractivity contribution in [1.82, 2.24) is 5.32 Å². The fraction of sp³-hybridized carbons (Fsp3) is 0.744. The Balaban J connectivity index is 1.28. The molecule has 1 aromatic rings. The molecule has 1 amide bonds. The molecule has 6 rings (SSSR count). The maximum Gasteiger partial charge on any atom is 0.307 e. The van der Waals surface area contributed by atoms with Gasteiger partial charge in [-0.3, -0.25) is 14.4 Å². The zero-order valence-electron chi connectivity index (χ0n) is 29.3. The molecule has 6 nitrogen and oxygen atoms in total. The predicted molar refractivity (Wildman–Crippen MR) is 181 cm³/mol. The van der Waals surface area contributed by atoms with E-state index in [1.54, 1.807) is 13.8 Å². The molecule has 7 heteroatoms. The molecule has 0 aromatic carbocycles. The van der Waals surface area contributed by atoms with Gasteiger partial charge in [0.05, 0.1) is 16.8 Å². The number of Topliss-reactive ketones (excluding diaryl/α,β-unsaturated/α-hetero) is 1. The number of carbonyl (C=O) groups excluding carboxylic acids is 4. The molecule has 4 fully saturated rings. The first-order valence-electron chi connectivity index (χ1n) is 17.8. The zero-order valence-corrected chi connectivity index (χ0v) is 30.1. The van der Waals surface area contributed by atoms with E-state index in [4.69, 9.17) is 4.74 Å². The zero-order chi connectivity index (χ0) is 33.4. The first-order valence-corrected chi connectivity index (χ1v) is 18.7. The number of ether oxygens (including phenoxy) is 1. The van der Waals surface area contributed by atoms with Crippen LogP contribution in [0.5, 0.6) is 0 Å². The summed E-state index contributed by atoms with van der Waals surface area (Å²) in [5.41, 5.74) is 1.10. The van der Waals surface area contributed by atoms with Gasteiger partial charge in [-0.15, -0.1) is 11.3 Å². The molecule has 0 aliphatic heterocycles. The van der Waals surface area contributed by atoms with Crippen LogP contribution in [0, 0.1) is 51.2 Å². The van der Waals surface area contributed by atoms with Gasteiger partial charge in [-0.1, -0.05) is 61.5 Å². The summed E-state index contributed by atoms with van der Waals surface area (Å²) in [6.45, 7) is 17.6. The highest BCUT2D eigenvalue weighted by Gasteiger charge is 2.67. The summed E-state index contributed by atoms with van der Waals surface area (Å²) in [6, 6.07) is 3.79. The first-order chi connectivity index (χ1) is 21.5. The van der Waals surface area contributed by atoms with Gasteiger partial charge in [-0.2, -0.15) is 0 Å². The highest BCUT2D eigenvalue weighted by atomic mass is 32.1. The van der Waals surface area contributed by atoms with Crippen LogP contribution in [0.4, 0.5) is 0 Å². The minimum Gasteiger partial charge on any atom is -0.462 e. The summed E-state index contributed by atoms with van der Waals surface area (Å²) >= 11 is 1.46. The molecule has 0 radical (unpaired) electrons. The van der Waals surface area contributed by atoms with Gasteiger partial charge in [0.2, 0.25) is 0 Å². The van der Waals surface area contributed by atoms with Crippen LogP contribution in [-0.4, -0.2) is 35.6 Å². The molecule has 1 N–H and O–H groups in total. The molecule has 1 aromatic heterocycles. The number of allylic oxidation sites excluding steroid dienone is 1. The van der Waals surface area contributed by atoms with Gasteiger partial charge in [0.15, 0.2) is 5.78 Å². The monoisotopic (exact) mass is 649 g/mol. The Labute approximate surface area is 279 Å². The van der Waals surface area contributed by atoms with Crippen molar-refractivity contribution < 1.29 is 23.9 Å². The molecule has 5 aliphatic rings. The molecular weight excluding hydrogens is 594 g/mol. The molecule has 8 unspecified atom stereocenters. The van der Waals surface area contributed by atoms with Gasteiger partial charge in [0.1, 0.15) is 12.4 Å². The van der Waals surface area contributed by atoms with Crippen molar-refractivity contribution in [2.45, 2.75) is 131 Å². The van der Waals surface area contributed by atoms with Crippen molar-refractivity contribution in [3.8, 4) is 0 Å². The third kappa shape index (κ3) is 5.17. The Morgan fingerprint density at radius 3 is 2.39 bits per heavy atom. The first kappa shape index (κ1) is 33.6. The molecule has 0 bridgehead atoms. The van der Waals surface area contributed by atoms with Crippen LogP contribution in [0.2, 0.25) is 0 Å². The van der Waals surface area contributed by atoms with Crippen molar-refractivity contribution in [3.63, 3.8) is 0 Å². The van der Waals surface area contributed by atoms with Gasteiger partial charge >= 0.3 is 5.97 Å². The lowest BCUT2D eigenvalue weighted by Gasteiger charge is -2.68. The second-order valence-electron chi connectivity index (χ2n) is 17.7. The van der Waals surface area contributed by atoms with Gasteiger partial charge in [-0.25, -0.2) is 0 Å². The van der Waals surface area contributed by atoms with E-state index in [1.165, 1.54) is 16.9 Å². The van der Waals surface area contributed by atoms with E-state index in [9.17, 15) is 19.2 Å². The van der Waals surface area contributed by atoms with E-state index in [2.05, 4.69) is 46.9 Å². The van der Waals surface area contributed by atoms with E-state index in [0.717, 1.165) is 63.2 Å². The summed E-state index contributed by atoms with van der Waals surface area (Å²) < 4.78 is 6.18. The third-order valence-corrected chi connectivity index (χ3v) is 14.7. The molecule has 0 spiro atoms. The normalized spacial score (nSPS) is 38.4. The van der Waals surface area contributed by atoms with Crippen molar-refractivity contribution in [2.75, 3.05) is 0 Å². The van der Waals surface area contributed by atoms with Crippen LogP contribution >= 0.6 is 11.3 Å². The maximum absolute atomic E-state index is 13.7. The molecule has 1 heterocycles. The van der Waals surface area contributed by atoms with Crippen molar-refractivity contribution in [3.05, 3.63) is 33.5 Å². The Kier molecular flexibility index (Phi) is 8.34. The number of fused-ring (bicyclic) bond motifs is 7. The molecule has 5 aliphatic carbocycles. The van der Waals surface area contributed by atoms with Gasteiger partial charge in [0, 0.05) is 17.3 Å². The quantitative estimate of drug-likeness (QED) is 0.237. The predicted octanol–water partition coefficient (Wildman–Crippen LogP) is 8.35. The number of ketones is 1. The van der Waals surface area contributed by atoms with Crippen LogP contribution in [0.15, 0.2) is 28.7 Å². The van der Waals surface area contributed by atoms with E-state index in [0.29, 0.717) is 35.0 Å². The fourth-order valence-corrected chi connectivity index (χ4v) is 12.5. The Hall–Kier alpha value is -2.28. The number of amides is 1. The smallest absolute Gasteiger partial charge is 0.307 e.